The minimum atomic E-state index is -0.374. The minimum absolute atomic E-state index is 0.0879. The molecule has 3 aromatic rings. The number of amides is 1. The SMILES string of the molecule is COc1cc(C=C2C(C)=C(CC(=O)NCc3ccnnc3)c3cc(F)ccc32)cc(OC)c1O. The molecule has 4 rings (SSSR count). The Bertz CT molecular complexity index is 1280. The van der Waals surface area contributed by atoms with E-state index in [1.54, 1.807) is 36.7 Å². The van der Waals surface area contributed by atoms with Crippen LogP contribution in [0.3, 0.4) is 0 Å². The number of hydrogen-bond acceptors (Lipinski definition) is 6. The number of halogens is 1. The number of hydrogen-bond donors (Lipinski definition) is 2. The fourth-order valence-electron chi connectivity index (χ4n) is 3.99. The molecule has 34 heavy (non-hydrogen) atoms. The van der Waals surface area contributed by atoms with Crippen molar-refractivity contribution in [2.24, 2.45) is 0 Å². The van der Waals surface area contributed by atoms with Gasteiger partial charge in [-0.3, -0.25) is 4.79 Å². The first-order valence-corrected chi connectivity index (χ1v) is 10.6. The zero-order valence-corrected chi connectivity index (χ0v) is 19.1. The topological polar surface area (TPSA) is 93.6 Å². The van der Waals surface area contributed by atoms with Crippen molar-refractivity contribution in [3.8, 4) is 17.2 Å². The van der Waals surface area contributed by atoms with Crippen LogP contribution in [0.5, 0.6) is 17.2 Å². The van der Waals surface area contributed by atoms with Crippen LogP contribution >= 0.6 is 0 Å². The molecule has 0 atom stereocenters. The predicted molar refractivity (Wildman–Crippen MR) is 127 cm³/mol. The average molecular weight is 461 g/mol. The van der Waals surface area contributed by atoms with Crippen LogP contribution in [0.25, 0.3) is 17.2 Å². The minimum Gasteiger partial charge on any atom is -0.502 e. The Morgan fingerprint density at radius 1 is 1.09 bits per heavy atom. The highest BCUT2D eigenvalue weighted by Crippen LogP contribution is 2.45. The van der Waals surface area contributed by atoms with E-state index in [1.165, 1.54) is 26.4 Å². The fraction of sp³-hybridized carbons (Fsp3) is 0.192. The van der Waals surface area contributed by atoms with Crippen molar-refractivity contribution in [3.05, 3.63) is 82.4 Å². The molecule has 2 N–H and O–H groups in total. The van der Waals surface area contributed by atoms with Crippen LogP contribution in [0.15, 0.2) is 54.4 Å². The summed E-state index contributed by atoms with van der Waals surface area (Å²) in [6.07, 6.45) is 5.16. The summed E-state index contributed by atoms with van der Waals surface area (Å²) in [4.78, 5) is 12.7. The highest BCUT2D eigenvalue weighted by molar-refractivity contribution is 6.08. The van der Waals surface area contributed by atoms with Crippen molar-refractivity contribution < 1.29 is 23.8 Å². The lowest BCUT2D eigenvalue weighted by Crippen LogP contribution is -2.22. The average Bonchev–Trinajstić information content (AvgIpc) is 3.09. The quantitative estimate of drug-likeness (QED) is 0.543. The van der Waals surface area contributed by atoms with Gasteiger partial charge in [-0.25, -0.2) is 4.39 Å². The highest BCUT2D eigenvalue weighted by atomic mass is 19.1. The van der Waals surface area contributed by atoms with Crippen LogP contribution in [0.2, 0.25) is 0 Å². The zero-order valence-electron chi connectivity index (χ0n) is 19.1. The van der Waals surface area contributed by atoms with Crippen LogP contribution in [-0.2, 0) is 11.3 Å². The van der Waals surface area contributed by atoms with Gasteiger partial charge in [-0.05, 0) is 82.3 Å². The van der Waals surface area contributed by atoms with E-state index in [-0.39, 0.29) is 35.4 Å². The Labute approximate surface area is 196 Å². The first-order valence-electron chi connectivity index (χ1n) is 10.6. The molecule has 1 aliphatic rings. The Balaban J connectivity index is 1.68. The van der Waals surface area contributed by atoms with Crippen molar-refractivity contribution in [3.63, 3.8) is 0 Å². The van der Waals surface area contributed by atoms with Gasteiger partial charge in [0, 0.05) is 12.7 Å². The number of phenols is 1. The van der Waals surface area contributed by atoms with Gasteiger partial charge in [0.2, 0.25) is 11.7 Å². The summed E-state index contributed by atoms with van der Waals surface area (Å²) in [5.74, 6) is -0.0991. The molecule has 1 aliphatic carbocycles. The number of aromatic nitrogens is 2. The molecule has 0 fully saturated rings. The van der Waals surface area contributed by atoms with Crippen LogP contribution in [-0.4, -0.2) is 35.4 Å². The summed E-state index contributed by atoms with van der Waals surface area (Å²) in [5, 5.41) is 20.6. The fourth-order valence-corrected chi connectivity index (χ4v) is 3.99. The van der Waals surface area contributed by atoms with E-state index in [9.17, 15) is 14.3 Å². The van der Waals surface area contributed by atoms with E-state index >= 15 is 0 Å². The molecule has 0 bridgehead atoms. The second-order valence-corrected chi connectivity index (χ2v) is 7.83. The van der Waals surface area contributed by atoms with Crippen LogP contribution in [0.1, 0.15) is 35.6 Å². The Kier molecular flexibility index (Phi) is 6.58. The molecule has 0 saturated carbocycles. The number of fused-ring (bicyclic) bond motifs is 1. The van der Waals surface area contributed by atoms with E-state index in [4.69, 9.17) is 9.47 Å². The smallest absolute Gasteiger partial charge is 0.224 e. The molecule has 174 valence electrons. The third kappa shape index (κ3) is 4.61. The molecule has 1 aromatic heterocycles. The third-order valence-electron chi connectivity index (χ3n) is 5.74. The summed E-state index contributed by atoms with van der Waals surface area (Å²) < 4.78 is 24.7. The van der Waals surface area contributed by atoms with Gasteiger partial charge in [-0.2, -0.15) is 10.2 Å². The number of benzene rings is 2. The maximum Gasteiger partial charge on any atom is 0.224 e. The highest BCUT2D eigenvalue weighted by Gasteiger charge is 2.26. The number of nitrogens with one attached hydrogen (secondary N) is 1. The molecule has 1 heterocycles. The van der Waals surface area contributed by atoms with Crippen molar-refractivity contribution in [2.75, 3.05) is 14.2 Å². The number of rotatable bonds is 7. The van der Waals surface area contributed by atoms with E-state index in [2.05, 4.69) is 15.5 Å². The summed E-state index contributed by atoms with van der Waals surface area (Å²) >= 11 is 0. The molecule has 1 amide bonds. The normalized spacial score (nSPS) is 13.7. The summed E-state index contributed by atoms with van der Waals surface area (Å²) in [7, 11) is 2.92. The molecular weight excluding hydrogens is 437 g/mol. The second-order valence-electron chi connectivity index (χ2n) is 7.83. The van der Waals surface area contributed by atoms with Crippen LogP contribution in [0.4, 0.5) is 4.39 Å². The Morgan fingerprint density at radius 3 is 2.47 bits per heavy atom. The molecule has 0 spiro atoms. The molecular formula is C26H24FN3O4. The maximum atomic E-state index is 14.1. The standard InChI is InChI=1S/C26H24FN3O4/c1-15-20(8-17-9-23(33-2)26(32)24(10-17)34-3)19-5-4-18(27)11-22(19)21(15)12-25(31)28-13-16-6-7-29-30-14-16/h4-11,14,32H,12-13H2,1-3H3,(H,28,31). The van der Waals surface area contributed by atoms with Gasteiger partial charge in [0.1, 0.15) is 5.82 Å². The van der Waals surface area contributed by atoms with E-state index in [0.29, 0.717) is 12.1 Å². The number of phenolic OH excluding ortho intramolecular Hbond substituents is 1. The molecule has 0 unspecified atom stereocenters. The second kappa shape index (κ2) is 9.74. The first kappa shape index (κ1) is 23.0. The largest absolute Gasteiger partial charge is 0.502 e. The van der Waals surface area contributed by atoms with Crippen molar-refractivity contribution in [1.29, 1.82) is 0 Å². The third-order valence-corrected chi connectivity index (χ3v) is 5.74. The number of aromatic hydroxyl groups is 1. The summed E-state index contributed by atoms with van der Waals surface area (Å²) in [6.45, 7) is 2.24. The number of nitrogens with zero attached hydrogens (tertiary/aromatic N) is 2. The molecule has 7 nitrogen and oxygen atoms in total. The van der Waals surface area contributed by atoms with Gasteiger partial charge in [-0.15, -0.1) is 0 Å². The van der Waals surface area contributed by atoms with Gasteiger partial charge in [-0.1, -0.05) is 6.07 Å². The van der Waals surface area contributed by atoms with E-state index in [1.807, 2.05) is 13.0 Å². The first-order chi connectivity index (χ1) is 16.4. The van der Waals surface area contributed by atoms with Gasteiger partial charge in [0.25, 0.3) is 0 Å². The monoisotopic (exact) mass is 461 g/mol. The van der Waals surface area contributed by atoms with Gasteiger partial charge < -0.3 is 19.9 Å². The van der Waals surface area contributed by atoms with Gasteiger partial charge >= 0.3 is 0 Å². The summed E-state index contributed by atoms with van der Waals surface area (Å²) in [6, 6.07) is 9.72. The number of methoxy groups -OCH3 is 2. The number of carbonyl (C=O) groups excluding carboxylic acids is 1. The van der Waals surface area contributed by atoms with Crippen LogP contribution < -0.4 is 14.8 Å². The molecule has 0 saturated heterocycles. The van der Waals surface area contributed by atoms with E-state index in [0.717, 1.165) is 33.4 Å². The number of allylic oxidation sites excluding steroid dienone is 2. The van der Waals surface area contributed by atoms with Crippen molar-refractivity contribution in [1.82, 2.24) is 15.5 Å². The molecule has 0 radical (unpaired) electrons. The maximum absolute atomic E-state index is 14.1. The molecule has 0 aliphatic heterocycles. The van der Waals surface area contributed by atoms with Gasteiger partial charge in [0.05, 0.1) is 26.8 Å². The van der Waals surface area contributed by atoms with Gasteiger partial charge in [0.15, 0.2) is 11.5 Å². The lowest BCUT2D eigenvalue weighted by atomic mass is 10.00. The molecule has 8 heteroatoms. The zero-order chi connectivity index (χ0) is 24.2. The Hall–Kier alpha value is -4.20. The lowest BCUT2D eigenvalue weighted by molar-refractivity contribution is -0.120. The predicted octanol–water partition coefficient (Wildman–Crippen LogP) is 4.37. The van der Waals surface area contributed by atoms with Crippen molar-refractivity contribution in [2.45, 2.75) is 19.9 Å². The van der Waals surface area contributed by atoms with Crippen molar-refractivity contribution >= 4 is 23.1 Å². The number of ether oxygens (including phenoxy) is 2. The molecule has 2 aromatic carbocycles. The lowest BCUT2D eigenvalue weighted by Gasteiger charge is -2.11. The van der Waals surface area contributed by atoms with Crippen LogP contribution in [0, 0.1) is 5.82 Å². The summed E-state index contributed by atoms with van der Waals surface area (Å²) in [5.41, 5.74) is 5.55. The Morgan fingerprint density at radius 2 is 1.82 bits per heavy atom. The number of carbonyl (C=O) groups is 1. The van der Waals surface area contributed by atoms with E-state index < -0.39 is 0 Å².